The number of carbonyl (C=O) groups excluding carboxylic acids is 4. The molecular formula is C24H40N4O6. The smallest absolute Gasteiger partial charge is 0.417 e. The summed E-state index contributed by atoms with van der Waals surface area (Å²) in [4.78, 5) is 52.4. The topological polar surface area (TPSA) is 111 Å². The Morgan fingerprint density at radius 2 is 1.53 bits per heavy atom. The number of imidazole rings is 1. The fraction of sp³-hybridized carbons (Fsp3) is 0.708. The summed E-state index contributed by atoms with van der Waals surface area (Å²) in [5.41, 5.74) is 0.113. The molecule has 0 radical (unpaired) electrons. The van der Waals surface area contributed by atoms with Gasteiger partial charge in [0.1, 0.15) is 16.9 Å². The molecule has 0 aliphatic carbocycles. The zero-order valence-electron chi connectivity index (χ0n) is 21.8. The van der Waals surface area contributed by atoms with Crippen LogP contribution in [0.5, 0.6) is 0 Å². The largest absolute Gasteiger partial charge is 0.444 e. The summed E-state index contributed by atoms with van der Waals surface area (Å²) in [6.07, 6.45) is 3.69. The highest BCUT2D eigenvalue weighted by atomic mass is 16.6. The van der Waals surface area contributed by atoms with Crippen LogP contribution in [-0.2, 0) is 27.4 Å². The molecule has 0 aromatic carbocycles. The minimum absolute atomic E-state index is 0.120. The van der Waals surface area contributed by atoms with Crippen molar-refractivity contribution in [3.63, 3.8) is 0 Å². The first-order chi connectivity index (χ1) is 15.8. The summed E-state index contributed by atoms with van der Waals surface area (Å²) in [5.74, 6) is -0.120. The molecule has 1 aromatic heterocycles. The minimum atomic E-state index is -0.533. The first-order valence-corrected chi connectivity index (χ1v) is 11.8. The number of aldehydes is 1. The number of piperidine rings is 1. The molecule has 10 heteroatoms. The molecule has 0 spiro atoms. The van der Waals surface area contributed by atoms with Crippen molar-refractivity contribution in [2.45, 2.75) is 98.9 Å². The number of fused-ring (bicyclic) bond motifs is 1. The highest BCUT2D eigenvalue weighted by molar-refractivity contribution is 5.92. The van der Waals surface area contributed by atoms with Gasteiger partial charge < -0.3 is 18.9 Å². The van der Waals surface area contributed by atoms with Crippen molar-refractivity contribution in [2.75, 3.05) is 13.1 Å². The number of hydrogen-bond donors (Lipinski definition) is 0. The third kappa shape index (κ3) is 9.15. The van der Waals surface area contributed by atoms with Crippen molar-refractivity contribution in [1.29, 1.82) is 0 Å². The lowest BCUT2D eigenvalue weighted by atomic mass is 10.1. The quantitative estimate of drug-likeness (QED) is 0.548. The van der Waals surface area contributed by atoms with Gasteiger partial charge >= 0.3 is 12.2 Å². The molecule has 1 saturated heterocycles. The number of carbonyl (C=O) groups is 4. The molecule has 10 nitrogen and oxygen atoms in total. The van der Waals surface area contributed by atoms with E-state index in [4.69, 9.17) is 9.47 Å². The van der Waals surface area contributed by atoms with Crippen molar-refractivity contribution in [3.8, 4) is 0 Å². The predicted octanol–water partition coefficient (Wildman–Crippen LogP) is 4.41. The van der Waals surface area contributed by atoms with Gasteiger partial charge in [-0.3, -0.25) is 9.59 Å². The van der Waals surface area contributed by atoms with Crippen LogP contribution in [-0.4, -0.2) is 68.0 Å². The number of imide groups is 1. The Morgan fingerprint density at radius 1 is 0.941 bits per heavy atom. The van der Waals surface area contributed by atoms with Crippen molar-refractivity contribution >= 4 is 24.4 Å². The highest BCUT2D eigenvalue weighted by Crippen LogP contribution is 2.18. The van der Waals surface area contributed by atoms with Crippen LogP contribution in [0.3, 0.4) is 0 Å². The van der Waals surface area contributed by atoms with Crippen LogP contribution in [0.2, 0.25) is 0 Å². The maximum atomic E-state index is 11.9. The van der Waals surface area contributed by atoms with E-state index in [0.717, 1.165) is 18.5 Å². The van der Waals surface area contributed by atoms with Gasteiger partial charge in [-0.2, -0.15) is 0 Å². The van der Waals surface area contributed by atoms with E-state index in [0.29, 0.717) is 44.6 Å². The van der Waals surface area contributed by atoms with Gasteiger partial charge in [-0.25, -0.2) is 19.5 Å². The van der Waals surface area contributed by atoms with Gasteiger partial charge in [-0.1, -0.05) is 13.8 Å². The molecule has 192 valence electrons. The number of rotatable bonds is 1. The third-order valence-corrected chi connectivity index (χ3v) is 4.63. The van der Waals surface area contributed by atoms with Gasteiger partial charge in [0, 0.05) is 26.1 Å². The first kappa shape index (κ1) is 29.1. The second-order valence-corrected chi connectivity index (χ2v) is 9.77. The van der Waals surface area contributed by atoms with E-state index in [9.17, 15) is 19.2 Å². The zero-order valence-corrected chi connectivity index (χ0v) is 21.8. The average molecular weight is 481 g/mol. The van der Waals surface area contributed by atoms with E-state index in [1.807, 2.05) is 39.2 Å². The van der Waals surface area contributed by atoms with Crippen molar-refractivity contribution in [3.05, 3.63) is 17.7 Å². The molecular weight excluding hydrogens is 440 g/mol. The fourth-order valence-corrected chi connectivity index (χ4v) is 3.17. The van der Waals surface area contributed by atoms with E-state index in [2.05, 4.69) is 4.98 Å². The van der Waals surface area contributed by atoms with Crippen molar-refractivity contribution in [1.82, 2.24) is 19.4 Å². The molecule has 2 aliphatic rings. The van der Waals surface area contributed by atoms with Gasteiger partial charge in [0.2, 0.25) is 5.91 Å². The standard InChI is InChI=1S/C12H17N3O3.C10H17NO3.C2H6/c1-12(2,3)18-11(17)14-4-5-15-8-13-9(7-16)10(15)6-14;1-10(2,3)14-9(13)11-7-5-4-6-8(11)12;1-2/h7-8H,4-6H2,1-3H3;4-7H2,1-3H3;1-2H3. The van der Waals surface area contributed by atoms with Crippen LogP contribution in [0.25, 0.3) is 0 Å². The summed E-state index contributed by atoms with van der Waals surface area (Å²) in [7, 11) is 0. The zero-order chi connectivity index (χ0) is 26.1. The average Bonchev–Trinajstić information content (AvgIpc) is 3.16. The molecule has 0 saturated carbocycles. The van der Waals surface area contributed by atoms with Gasteiger partial charge in [-0.15, -0.1) is 0 Å². The van der Waals surface area contributed by atoms with Crippen molar-refractivity contribution < 1.29 is 28.7 Å². The molecule has 2 aliphatic heterocycles. The molecule has 34 heavy (non-hydrogen) atoms. The van der Waals surface area contributed by atoms with E-state index < -0.39 is 17.3 Å². The fourth-order valence-electron chi connectivity index (χ4n) is 3.17. The van der Waals surface area contributed by atoms with Gasteiger partial charge in [0.05, 0.1) is 18.6 Å². The van der Waals surface area contributed by atoms with Crippen LogP contribution < -0.4 is 0 Å². The SMILES string of the molecule is CC.CC(C)(C)OC(=O)N1CCCCC1=O.CC(C)(C)OC(=O)N1CCn2cnc(C=O)c2C1. The molecule has 3 amide bonds. The molecule has 1 aromatic rings. The van der Waals surface area contributed by atoms with Gasteiger partial charge in [-0.05, 0) is 54.4 Å². The molecule has 1 fully saturated rings. The number of hydrogen-bond acceptors (Lipinski definition) is 7. The Kier molecular flexibility index (Phi) is 10.7. The Hall–Kier alpha value is -2.91. The summed E-state index contributed by atoms with van der Waals surface area (Å²) >= 11 is 0. The molecule has 3 heterocycles. The third-order valence-electron chi connectivity index (χ3n) is 4.63. The van der Waals surface area contributed by atoms with Crippen LogP contribution in [0.4, 0.5) is 9.59 Å². The Balaban J connectivity index is 0.000000326. The van der Waals surface area contributed by atoms with Crippen LogP contribution in [0.15, 0.2) is 6.33 Å². The van der Waals surface area contributed by atoms with E-state index in [1.165, 1.54) is 4.90 Å². The summed E-state index contributed by atoms with van der Waals surface area (Å²) in [5, 5.41) is 0. The summed E-state index contributed by atoms with van der Waals surface area (Å²) < 4.78 is 12.3. The Labute approximate surface area is 202 Å². The highest BCUT2D eigenvalue weighted by Gasteiger charge is 2.29. The van der Waals surface area contributed by atoms with Crippen LogP contribution in [0.1, 0.15) is 90.8 Å². The lowest BCUT2D eigenvalue weighted by Gasteiger charge is -2.30. The molecule has 0 atom stereocenters. The predicted molar refractivity (Wildman–Crippen MR) is 127 cm³/mol. The summed E-state index contributed by atoms with van der Waals surface area (Å²) in [6.45, 7) is 16.9. The number of likely N-dealkylation sites (tertiary alicyclic amines) is 1. The van der Waals surface area contributed by atoms with E-state index in [-0.39, 0.29) is 12.0 Å². The second-order valence-electron chi connectivity index (χ2n) is 9.77. The monoisotopic (exact) mass is 480 g/mol. The number of aromatic nitrogens is 2. The lowest BCUT2D eigenvalue weighted by Crippen LogP contribution is -2.43. The number of nitrogens with zero attached hydrogens (tertiary/aromatic N) is 4. The van der Waals surface area contributed by atoms with Crippen LogP contribution in [0, 0.1) is 0 Å². The van der Waals surface area contributed by atoms with E-state index >= 15 is 0 Å². The Morgan fingerprint density at radius 3 is 2.06 bits per heavy atom. The maximum absolute atomic E-state index is 11.9. The molecule has 0 N–H and O–H groups in total. The minimum Gasteiger partial charge on any atom is -0.444 e. The van der Waals surface area contributed by atoms with E-state index in [1.54, 1.807) is 32.0 Å². The normalized spacial score (nSPS) is 15.7. The number of amides is 3. The molecule has 0 bridgehead atoms. The number of ether oxygens (including phenoxy) is 2. The van der Waals surface area contributed by atoms with Crippen molar-refractivity contribution in [2.24, 2.45) is 0 Å². The first-order valence-electron chi connectivity index (χ1n) is 11.8. The van der Waals surface area contributed by atoms with Crippen LogP contribution >= 0.6 is 0 Å². The molecule has 0 unspecified atom stereocenters. The molecule has 3 rings (SSSR count). The maximum Gasteiger partial charge on any atom is 0.417 e. The van der Waals surface area contributed by atoms with Gasteiger partial charge in [0.15, 0.2) is 6.29 Å². The second kappa shape index (κ2) is 12.5. The summed E-state index contributed by atoms with van der Waals surface area (Å²) in [6, 6.07) is 0. The van der Waals surface area contributed by atoms with Gasteiger partial charge in [0.25, 0.3) is 0 Å². The lowest BCUT2D eigenvalue weighted by molar-refractivity contribution is -0.132. The Bertz CT molecular complexity index is 851.